The number of rotatable bonds is 14. The Hall–Kier alpha value is -7.23. The Balaban J connectivity index is 0.974. The Bertz CT molecular complexity index is 2640. The number of hydrogen-bond donors (Lipinski definition) is 0. The molecule has 6 aromatic carbocycles. The molecule has 0 aliphatic heterocycles. The van der Waals surface area contributed by atoms with Gasteiger partial charge in [0.25, 0.3) is 0 Å². The lowest BCUT2D eigenvalue weighted by Gasteiger charge is -2.14. The highest BCUT2D eigenvalue weighted by atomic mass is 14.7. The molecule has 3 nitrogen and oxygen atoms in total. The molecule has 0 saturated carbocycles. The lowest BCUT2D eigenvalue weighted by atomic mass is 9.92. The highest BCUT2D eigenvalue weighted by Crippen LogP contribution is 2.31. The predicted octanol–water partition coefficient (Wildman–Crippen LogP) is 13.6. The zero-order chi connectivity index (χ0) is 40.4. The smallest absolute Gasteiger partial charge is 0.0708 e. The summed E-state index contributed by atoms with van der Waals surface area (Å²) >= 11 is 0. The van der Waals surface area contributed by atoms with E-state index in [1.165, 1.54) is 55.6 Å². The summed E-state index contributed by atoms with van der Waals surface area (Å²) in [5, 5.41) is 0. The number of nitrogens with zero attached hydrogens (tertiary/aromatic N) is 3. The molecule has 0 radical (unpaired) electrons. The molecule has 60 heavy (non-hydrogen) atoms. The third-order valence-corrected chi connectivity index (χ3v) is 11.3. The minimum Gasteiger partial charge on any atom is -0.256 e. The molecular formula is C57H47N3. The van der Waals surface area contributed by atoms with Crippen LogP contribution < -0.4 is 0 Å². The fourth-order valence-electron chi connectivity index (χ4n) is 8.02. The molecule has 3 aromatic heterocycles. The molecule has 0 N–H and O–H groups in total. The van der Waals surface area contributed by atoms with Gasteiger partial charge in [-0.05, 0) is 112 Å². The standard InChI is InChI=1S/C57H47N3/c1-5-13-47(14-6-1)48-29-31-49(32-30-48)54-38-57(52-19-11-4-12-20-52)60-41-53(54)28-25-46-36-44(23-21-42-26-33-55(58-39-42)50-15-7-2-8-16-50)35-45(37-46)24-22-43-27-34-56(59-40-43)51-17-9-3-10-18-51/h1-20,26-27,29-41H,21-25,28H2. The number of hydrogen-bond acceptors (Lipinski definition) is 3. The molecule has 0 saturated heterocycles. The molecule has 0 bridgehead atoms. The molecular weight excluding hydrogens is 727 g/mol. The van der Waals surface area contributed by atoms with E-state index >= 15 is 0 Å². The van der Waals surface area contributed by atoms with Gasteiger partial charge in [0.2, 0.25) is 0 Å². The third-order valence-electron chi connectivity index (χ3n) is 11.3. The second-order valence-electron chi connectivity index (χ2n) is 15.5. The van der Waals surface area contributed by atoms with Gasteiger partial charge in [0.05, 0.1) is 17.1 Å². The summed E-state index contributed by atoms with van der Waals surface area (Å²) < 4.78 is 0. The van der Waals surface area contributed by atoms with E-state index in [-0.39, 0.29) is 0 Å². The second-order valence-corrected chi connectivity index (χ2v) is 15.5. The molecule has 0 unspecified atom stereocenters. The first-order valence-electron chi connectivity index (χ1n) is 21.0. The van der Waals surface area contributed by atoms with Crippen molar-refractivity contribution in [3.63, 3.8) is 0 Å². The summed E-state index contributed by atoms with van der Waals surface area (Å²) in [6.45, 7) is 0. The van der Waals surface area contributed by atoms with Crippen molar-refractivity contribution in [3.8, 4) is 56.0 Å². The predicted molar refractivity (Wildman–Crippen MR) is 249 cm³/mol. The van der Waals surface area contributed by atoms with Crippen LogP contribution in [0.1, 0.15) is 33.4 Å². The van der Waals surface area contributed by atoms with Gasteiger partial charge in [-0.2, -0.15) is 0 Å². The van der Waals surface area contributed by atoms with Gasteiger partial charge in [-0.25, -0.2) is 0 Å². The average molecular weight is 774 g/mol. The average Bonchev–Trinajstić information content (AvgIpc) is 3.33. The maximum atomic E-state index is 5.01. The lowest BCUT2D eigenvalue weighted by Crippen LogP contribution is -2.01. The van der Waals surface area contributed by atoms with Crippen LogP contribution in [-0.4, -0.2) is 15.0 Å². The number of pyridine rings is 3. The Labute approximate surface area is 354 Å². The van der Waals surface area contributed by atoms with Crippen LogP contribution in [0.25, 0.3) is 56.0 Å². The topological polar surface area (TPSA) is 38.7 Å². The Morgan fingerprint density at radius 2 is 0.617 bits per heavy atom. The van der Waals surface area contributed by atoms with Crippen LogP contribution >= 0.6 is 0 Å². The molecule has 9 rings (SSSR count). The molecule has 0 aliphatic rings. The van der Waals surface area contributed by atoms with E-state index in [0.717, 1.165) is 72.3 Å². The molecule has 0 spiro atoms. The first kappa shape index (κ1) is 38.3. The highest BCUT2D eigenvalue weighted by Gasteiger charge is 2.12. The van der Waals surface area contributed by atoms with Gasteiger partial charge >= 0.3 is 0 Å². The summed E-state index contributed by atoms with van der Waals surface area (Å²) in [6, 6.07) is 69.1. The lowest BCUT2D eigenvalue weighted by molar-refractivity contribution is 0.897. The molecule has 3 heterocycles. The number of aromatic nitrogens is 3. The largest absolute Gasteiger partial charge is 0.256 e. The van der Waals surface area contributed by atoms with Crippen LogP contribution in [0, 0.1) is 0 Å². The van der Waals surface area contributed by atoms with Crippen molar-refractivity contribution in [2.24, 2.45) is 0 Å². The van der Waals surface area contributed by atoms with E-state index in [9.17, 15) is 0 Å². The maximum absolute atomic E-state index is 5.01. The van der Waals surface area contributed by atoms with Crippen molar-refractivity contribution in [1.29, 1.82) is 0 Å². The van der Waals surface area contributed by atoms with E-state index in [1.807, 2.05) is 24.5 Å². The van der Waals surface area contributed by atoms with Crippen molar-refractivity contribution in [2.45, 2.75) is 38.5 Å². The summed E-state index contributed by atoms with van der Waals surface area (Å²) in [5.41, 5.74) is 19.1. The minimum atomic E-state index is 0.885. The molecule has 0 fully saturated rings. The third kappa shape index (κ3) is 9.55. The van der Waals surface area contributed by atoms with Crippen molar-refractivity contribution in [3.05, 3.63) is 246 Å². The van der Waals surface area contributed by atoms with Gasteiger partial charge in [0.1, 0.15) is 0 Å². The van der Waals surface area contributed by atoms with Crippen LogP contribution in [0.3, 0.4) is 0 Å². The van der Waals surface area contributed by atoms with Gasteiger partial charge in [-0.1, -0.05) is 176 Å². The zero-order valence-corrected chi connectivity index (χ0v) is 33.8. The van der Waals surface area contributed by atoms with Crippen LogP contribution in [0.4, 0.5) is 0 Å². The molecule has 0 amide bonds. The molecule has 3 heteroatoms. The van der Waals surface area contributed by atoms with Crippen molar-refractivity contribution >= 4 is 0 Å². The fraction of sp³-hybridized carbons (Fsp3) is 0.105. The zero-order valence-electron chi connectivity index (χ0n) is 33.8. The minimum absolute atomic E-state index is 0.885. The Kier molecular flexibility index (Phi) is 11.9. The normalized spacial score (nSPS) is 11.1. The van der Waals surface area contributed by atoms with Crippen LogP contribution in [0.2, 0.25) is 0 Å². The summed E-state index contributed by atoms with van der Waals surface area (Å²) in [4.78, 5) is 14.6. The van der Waals surface area contributed by atoms with Gasteiger partial charge in [-0.3, -0.25) is 15.0 Å². The molecule has 9 aromatic rings. The van der Waals surface area contributed by atoms with Gasteiger partial charge in [-0.15, -0.1) is 0 Å². The van der Waals surface area contributed by atoms with E-state index in [2.05, 4.69) is 188 Å². The van der Waals surface area contributed by atoms with Crippen LogP contribution in [-0.2, 0) is 38.5 Å². The SMILES string of the molecule is c1ccc(-c2ccc(-c3cc(-c4ccccc4)ncc3CCc3cc(CCc4ccc(-c5ccccc5)nc4)cc(CCc4ccc(-c5ccccc5)nc4)c3)cc2)cc1. The van der Waals surface area contributed by atoms with E-state index in [4.69, 9.17) is 15.0 Å². The fourth-order valence-corrected chi connectivity index (χ4v) is 8.02. The van der Waals surface area contributed by atoms with Crippen molar-refractivity contribution in [1.82, 2.24) is 15.0 Å². The van der Waals surface area contributed by atoms with Crippen LogP contribution in [0.5, 0.6) is 0 Å². The Morgan fingerprint density at radius 3 is 1.07 bits per heavy atom. The number of benzene rings is 6. The van der Waals surface area contributed by atoms with Crippen molar-refractivity contribution < 1.29 is 0 Å². The van der Waals surface area contributed by atoms with Gasteiger partial charge < -0.3 is 0 Å². The van der Waals surface area contributed by atoms with E-state index in [1.54, 1.807) is 0 Å². The molecule has 0 aliphatic carbocycles. The van der Waals surface area contributed by atoms with Crippen molar-refractivity contribution in [2.75, 3.05) is 0 Å². The maximum Gasteiger partial charge on any atom is 0.0708 e. The first-order chi connectivity index (χ1) is 29.7. The monoisotopic (exact) mass is 773 g/mol. The highest BCUT2D eigenvalue weighted by molar-refractivity contribution is 5.76. The summed E-state index contributed by atoms with van der Waals surface area (Å²) in [6.07, 6.45) is 11.8. The first-order valence-corrected chi connectivity index (χ1v) is 21.0. The quantitative estimate of drug-likeness (QED) is 0.110. The summed E-state index contributed by atoms with van der Waals surface area (Å²) in [5.74, 6) is 0. The number of aryl methyl sites for hydroxylation is 6. The molecule has 290 valence electrons. The second kappa shape index (κ2) is 18.6. The van der Waals surface area contributed by atoms with Gasteiger partial charge in [0, 0.05) is 35.3 Å². The molecule has 0 atom stereocenters. The van der Waals surface area contributed by atoms with E-state index < -0.39 is 0 Å². The van der Waals surface area contributed by atoms with Crippen LogP contribution in [0.15, 0.2) is 213 Å². The van der Waals surface area contributed by atoms with Gasteiger partial charge in [0.15, 0.2) is 0 Å². The summed E-state index contributed by atoms with van der Waals surface area (Å²) in [7, 11) is 0. The Morgan fingerprint density at radius 1 is 0.250 bits per heavy atom. The van der Waals surface area contributed by atoms with E-state index in [0.29, 0.717) is 0 Å².